The van der Waals surface area contributed by atoms with Crippen LogP contribution >= 0.6 is 62.3 Å². The van der Waals surface area contributed by atoms with Gasteiger partial charge in [-0.3, -0.25) is 14.4 Å². The third-order valence-corrected chi connectivity index (χ3v) is 15.1. The molecule has 0 bridgehead atoms. The molecular weight excluding hydrogens is 1320 g/mol. The van der Waals surface area contributed by atoms with Gasteiger partial charge in [0.15, 0.2) is 0 Å². The predicted molar refractivity (Wildman–Crippen MR) is 301 cm³/mol. The van der Waals surface area contributed by atoms with Gasteiger partial charge in [0.2, 0.25) is 5.78 Å². The maximum atomic E-state index is 13.5. The van der Waals surface area contributed by atoms with Gasteiger partial charge in [0.1, 0.15) is 35.3 Å². The number of hydrogen-bond acceptors (Lipinski definition) is 13. The van der Waals surface area contributed by atoms with Crippen molar-refractivity contribution in [3.63, 3.8) is 0 Å². The second kappa shape index (κ2) is 34.5. The van der Waals surface area contributed by atoms with Crippen LogP contribution in [-0.4, -0.2) is 122 Å². The SMILES string of the molecule is CCOc1ccccc1C(=O)N(C)OC.CCOc1ccccc1C(=O)c1ncc(Cl)cc1N(COC)S(=O)(=O)c1ccc(Cl)c(C(F)(F)F)c1.COCN(c1cc(Cl)cnc1Br)S(=O)(=O)c1ccc(Cl)c(C(F)(F)F)c1.C[CH-]C.[Cl-].[Mg+2]. The van der Waals surface area contributed by atoms with E-state index in [0.29, 0.717) is 34.4 Å². The van der Waals surface area contributed by atoms with E-state index in [4.69, 9.17) is 70.2 Å². The van der Waals surface area contributed by atoms with Gasteiger partial charge in [-0.25, -0.2) is 40.5 Å². The molecule has 0 atom stereocenters. The minimum atomic E-state index is -4.91. The molecule has 0 aliphatic rings. The number of hydroxylamine groups is 2. The van der Waals surface area contributed by atoms with Gasteiger partial charge in [0.05, 0.1) is 83.8 Å². The van der Waals surface area contributed by atoms with Gasteiger partial charge in [-0.05, 0) is 103 Å². The minimum absolute atomic E-state index is 0. The zero-order valence-electron chi connectivity index (χ0n) is 44.6. The van der Waals surface area contributed by atoms with Crippen LogP contribution in [0.15, 0.2) is 124 Å². The summed E-state index contributed by atoms with van der Waals surface area (Å²) in [7, 11) is -3.74. The number of rotatable bonds is 18. The summed E-state index contributed by atoms with van der Waals surface area (Å²) in [5, 5.41) is -0.0137. The van der Waals surface area contributed by atoms with E-state index in [9.17, 15) is 52.8 Å². The van der Waals surface area contributed by atoms with Gasteiger partial charge in [-0.15, -0.1) is 0 Å². The van der Waals surface area contributed by atoms with E-state index in [0.717, 1.165) is 45.9 Å². The summed E-state index contributed by atoms with van der Waals surface area (Å²) in [5.74, 6) is -0.106. The number of ether oxygens (including phenoxy) is 4. The Labute approximate surface area is 522 Å². The van der Waals surface area contributed by atoms with Crippen LogP contribution in [0.1, 0.15) is 65.2 Å². The molecule has 6 aromatic rings. The number of sulfonamides is 2. The molecule has 0 aliphatic heterocycles. The summed E-state index contributed by atoms with van der Waals surface area (Å²) >= 11 is 26.2. The number of carbonyl (C=O) groups is 2. The number of alkyl halides is 6. The Hall–Kier alpha value is -4.42. The maximum Gasteiger partial charge on any atom is 2.00 e. The second-order valence-corrected chi connectivity index (χ2v) is 21.7. The van der Waals surface area contributed by atoms with Crippen LogP contribution in [0, 0.1) is 6.42 Å². The molecule has 16 nitrogen and oxygen atoms in total. The molecule has 0 saturated heterocycles. The van der Waals surface area contributed by atoms with Crippen LogP contribution < -0.4 is 30.5 Å². The molecule has 31 heteroatoms. The molecule has 1 amide bonds. The maximum absolute atomic E-state index is 13.5. The smallest absolute Gasteiger partial charge is 1.00 e. The number of hydrogen-bond donors (Lipinski definition) is 0. The number of aromatic nitrogens is 2. The van der Waals surface area contributed by atoms with Crippen LogP contribution in [0.4, 0.5) is 37.7 Å². The first-order chi connectivity index (χ1) is 37.5. The molecule has 0 radical (unpaired) electrons. The van der Waals surface area contributed by atoms with E-state index in [2.05, 4.69) is 25.9 Å². The largest absolute Gasteiger partial charge is 2.00 e. The van der Waals surface area contributed by atoms with Gasteiger partial charge >= 0.3 is 35.4 Å². The summed E-state index contributed by atoms with van der Waals surface area (Å²) in [4.78, 5) is 36.7. The molecule has 0 N–H and O–H groups in total. The number of ketones is 1. The molecule has 0 fully saturated rings. The normalized spacial score (nSPS) is 11.1. The number of amides is 1. The zero-order valence-corrected chi connectivity index (χ0v) is 53.0. The van der Waals surface area contributed by atoms with Gasteiger partial charge < -0.3 is 37.8 Å². The number of benzene rings is 4. The van der Waals surface area contributed by atoms with Crippen LogP contribution in [-0.2, 0) is 46.7 Å². The van der Waals surface area contributed by atoms with Gasteiger partial charge in [0.25, 0.3) is 26.0 Å². The van der Waals surface area contributed by atoms with E-state index in [1.807, 2.05) is 33.3 Å². The summed E-state index contributed by atoms with van der Waals surface area (Å²) in [6.07, 6.45) is -5.30. The summed E-state index contributed by atoms with van der Waals surface area (Å²) in [5.41, 5.74) is -2.64. The van der Waals surface area contributed by atoms with E-state index < -0.39 is 82.6 Å². The molecule has 0 aliphatic carbocycles. The number of carbonyl (C=O) groups excluding carboxylic acids is 2. The molecule has 0 unspecified atom stereocenters. The number of halogens is 12. The van der Waals surface area contributed by atoms with Gasteiger partial charge in [-0.2, -0.15) is 40.2 Å². The molecule has 6 rings (SSSR count). The number of pyridine rings is 2. The first-order valence-corrected chi connectivity index (χ1v) is 28.0. The van der Waals surface area contributed by atoms with E-state index in [1.165, 1.54) is 39.7 Å². The Morgan fingerprint density at radius 2 is 1.02 bits per heavy atom. The minimum Gasteiger partial charge on any atom is -1.00 e. The second-order valence-electron chi connectivity index (χ2n) is 15.6. The predicted octanol–water partition coefficient (Wildman–Crippen LogP) is 10.4. The van der Waals surface area contributed by atoms with Crippen LogP contribution in [0.2, 0.25) is 20.1 Å². The van der Waals surface area contributed by atoms with Crippen molar-refractivity contribution >= 4 is 128 Å². The number of anilines is 2. The van der Waals surface area contributed by atoms with E-state index >= 15 is 0 Å². The van der Waals surface area contributed by atoms with Crippen LogP contribution in [0.5, 0.6) is 11.5 Å². The monoisotopic (exact) mass is 1370 g/mol. The zero-order chi connectivity index (χ0) is 60.3. The topological polar surface area (TPSA) is 184 Å². The fraction of sp³-hybridized carbons (Fsp3) is 0.275. The van der Waals surface area contributed by atoms with Crippen molar-refractivity contribution in [2.45, 2.75) is 49.8 Å². The first kappa shape index (κ1) is 75.6. The molecule has 82 heavy (non-hydrogen) atoms. The molecule has 4 aromatic carbocycles. The summed E-state index contributed by atoms with van der Waals surface area (Å²) in [6.45, 7) is 7.24. The van der Waals surface area contributed by atoms with Crippen molar-refractivity contribution in [2.24, 2.45) is 0 Å². The molecule has 444 valence electrons. The quantitative estimate of drug-likeness (QED) is 0.0151. The Kier molecular flexibility index (Phi) is 31.8. The number of nitrogens with zero attached hydrogens (tertiary/aromatic N) is 5. The standard InChI is InChI=1S/C23H19Cl2F3N2O5S.C14H10BrCl2F3N2O3S.C11H15NO3.C3H7.ClH.Mg/c1-3-35-20-7-5-4-6-16(20)22(31)21-19(10-14(24)12-29-21)30(13-34-2)36(32,33)15-8-9-18(25)17(11-15)23(26,27)28;1-25-7-22(12-4-8(16)6-21-13(12)15)26(23,24)9-2-3-11(17)10(5-9)14(18,19)20;1-4-15-10-8-6-5-7-9(10)11(13)12(2)14-3;1-3-2;;/h4-12H,3,13H2,1-2H3;2-6H,7H2,1H3;5-8H,4H2,1-3H3;3H,1-2H3;1H;/q;;;-1;;+2/p-1. The third-order valence-electron chi connectivity index (χ3n) is 9.94. The van der Waals surface area contributed by atoms with Gasteiger partial charge in [0, 0.05) is 33.7 Å². The van der Waals surface area contributed by atoms with Crippen molar-refractivity contribution in [1.82, 2.24) is 15.0 Å². The van der Waals surface area contributed by atoms with E-state index in [1.54, 1.807) is 50.4 Å². The van der Waals surface area contributed by atoms with E-state index in [-0.39, 0.29) is 91.0 Å². The average molecular weight is 1370 g/mol. The van der Waals surface area contributed by atoms with Crippen molar-refractivity contribution in [1.29, 1.82) is 0 Å². The third kappa shape index (κ3) is 20.4. The fourth-order valence-electron chi connectivity index (χ4n) is 6.41. The number of para-hydroxylation sites is 2. The van der Waals surface area contributed by atoms with Crippen molar-refractivity contribution < 1.29 is 89.0 Å². The first-order valence-electron chi connectivity index (χ1n) is 22.8. The van der Waals surface area contributed by atoms with Crippen molar-refractivity contribution in [2.75, 3.05) is 63.7 Å². The van der Waals surface area contributed by atoms with Crippen molar-refractivity contribution in [3.05, 3.63) is 169 Å². The fourth-order valence-corrected chi connectivity index (χ4v) is 10.5. The van der Waals surface area contributed by atoms with Gasteiger partial charge in [-0.1, -0.05) is 70.7 Å². The van der Waals surface area contributed by atoms with Crippen LogP contribution in [0.25, 0.3) is 0 Å². The van der Waals surface area contributed by atoms with Crippen LogP contribution in [0.3, 0.4) is 0 Å². The average Bonchev–Trinajstić information content (AvgIpc) is 3.40. The Morgan fingerprint density at radius 1 is 0.634 bits per heavy atom. The molecule has 2 aromatic heterocycles. The molecule has 0 saturated carbocycles. The van der Waals surface area contributed by atoms with Crippen molar-refractivity contribution in [3.8, 4) is 11.5 Å². The molecule has 0 spiro atoms. The Bertz CT molecular complexity index is 3310. The number of methoxy groups -OCH3 is 2. The summed E-state index contributed by atoms with van der Waals surface area (Å²) in [6, 6.07) is 20.3. The Morgan fingerprint density at radius 3 is 1.44 bits per heavy atom. The Balaban J connectivity index is 0.000000639. The summed E-state index contributed by atoms with van der Waals surface area (Å²) < 4.78 is 154. The molecular formula is C51H51BrCl5F6MgN5O11S2. The molecule has 2 heterocycles.